The molecule has 0 spiro atoms. The van der Waals surface area contributed by atoms with Gasteiger partial charge < -0.3 is 5.73 Å². The smallest absolute Gasteiger partial charge is 0.191 e. The third-order valence-electron chi connectivity index (χ3n) is 2.34. The second kappa shape index (κ2) is 4.42. The lowest BCUT2D eigenvalue weighted by atomic mass is 10.2. The molecule has 2 N–H and O–H groups in total. The van der Waals surface area contributed by atoms with Gasteiger partial charge in [-0.3, -0.25) is 0 Å². The molecule has 1 rings (SSSR count). The average Bonchev–Trinajstić information content (AvgIpc) is 2.68. The molecule has 0 fully saturated rings. The van der Waals surface area contributed by atoms with Gasteiger partial charge in [0.1, 0.15) is 4.21 Å². The summed E-state index contributed by atoms with van der Waals surface area (Å²) < 4.78 is 24.3. The Balaban J connectivity index is 2.97. The maximum Gasteiger partial charge on any atom is 0.191 e. The number of rotatable bonds is 4. The molecule has 5 heteroatoms. The van der Waals surface area contributed by atoms with Crippen LogP contribution in [0.3, 0.4) is 0 Å². The molecule has 0 amide bonds. The van der Waals surface area contributed by atoms with E-state index < -0.39 is 15.1 Å². The van der Waals surface area contributed by atoms with Gasteiger partial charge in [-0.1, -0.05) is 13.0 Å². The molecule has 3 nitrogen and oxygen atoms in total. The van der Waals surface area contributed by atoms with Crippen molar-refractivity contribution >= 4 is 21.2 Å². The maximum atomic E-state index is 11.9. The quantitative estimate of drug-likeness (QED) is 0.860. The number of hydrogen-bond donors (Lipinski definition) is 1. The molecular weight excluding hydrogens is 218 g/mol. The van der Waals surface area contributed by atoms with Gasteiger partial charge in [0.25, 0.3) is 0 Å². The zero-order valence-corrected chi connectivity index (χ0v) is 9.94. The molecule has 0 saturated heterocycles. The van der Waals surface area contributed by atoms with E-state index in [4.69, 9.17) is 5.73 Å². The summed E-state index contributed by atoms with van der Waals surface area (Å²) in [6.07, 6.45) is 0.672. The molecule has 0 saturated carbocycles. The standard InChI is InChI=1S/C9H15NO2S2/c1-3-8(10)7(2)14(11,12)9-5-4-6-13-9/h4-8H,3,10H2,1-2H3. The Morgan fingerprint density at radius 3 is 2.64 bits per heavy atom. The Bertz CT molecular complexity index is 370. The van der Waals surface area contributed by atoms with Crippen LogP contribution in [-0.2, 0) is 9.84 Å². The Hall–Kier alpha value is -0.390. The van der Waals surface area contributed by atoms with E-state index in [1.165, 1.54) is 11.3 Å². The Morgan fingerprint density at radius 1 is 1.57 bits per heavy atom. The summed E-state index contributed by atoms with van der Waals surface area (Å²) in [5, 5.41) is 1.25. The zero-order valence-electron chi connectivity index (χ0n) is 8.30. The maximum absolute atomic E-state index is 11.9. The van der Waals surface area contributed by atoms with Crippen LogP contribution in [0.1, 0.15) is 20.3 Å². The first-order valence-electron chi connectivity index (χ1n) is 4.53. The van der Waals surface area contributed by atoms with Crippen LogP contribution < -0.4 is 5.73 Å². The normalized spacial score (nSPS) is 16.5. The molecular formula is C9H15NO2S2. The van der Waals surface area contributed by atoms with Gasteiger partial charge in [0.2, 0.25) is 0 Å². The lowest BCUT2D eigenvalue weighted by Gasteiger charge is -2.17. The fourth-order valence-electron chi connectivity index (χ4n) is 1.17. The van der Waals surface area contributed by atoms with Gasteiger partial charge in [-0.25, -0.2) is 8.42 Å². The van der Waals surface area contributed by atoms with Crippen LogP contribution >= 0.6 is 11.3 Å². The molecule has 1 aromatic heterocycles. The molecule has 2 atom stereocenters. The fraction of sp³-hybridized carbons (Fsp3) is 0.556. The molecule has 0 aliphatic rings. The van der Waals surface area contributed by atoms with Gasteiger partial charge in [-0.05, 0) is 24.8 Å². The van der Waals surface area contributed by atoms with E-state index in [1.54, 1.807) is 24.4 Å². The van der Waals surface area contributed by atoms with Crippen molar-refractivity contribution in [2.24, 2.45) is 5.73 Å². The second-order valence-electron chi connectivity index (χ2n) is 3.25. The molecule has 1 aromatic rings. The SMILES string of the molecule is CCC(N)C(C)S(=O)(=O)c1cccs1. The van der Waals surface area contributed by atoms with Crippen molar-refractivity contribution in [3.63, 3.8) is 0 Å². The van der Waals surface area contributed by atoms with Crippen molar-refractivity contribution in [3.05, 3.63) is 17.5 Å². The summed E-state index contributed by atoms with van der Waals surface area (Å²) in [5.74, 6) is 0. The van der Waals surface area contributed by atoms with Crippen molar-refractivity contribution in [1.29, 1.82) is 0 Å². The summed E-state index contributed by atoms with van der Waals surface area (Å²) >= 11 is 1.24. The van der Waals surface area contributed by atoms with Gasteiger partial charge in [0.05, 0.1) is 5.25 Å². The zero-order chi connectivity index (χ0) is 10.8. The molecule has 0 radical (unpaired) electrons. The third kappa shape index (κ3) is 2.16. The Labute approximate surface area is 88.9 Å². The summed E-state index contributed by atoms with van der Waals surface area (Å²) in [7, 11) is -3.21. The highest BCUT2D eigenvalue weighted by Gasteiger charge is 2.28. The lowest BCUT2D eigenvalue weighted by molar-refractivity contribution is 0.553. The van der Waals surface area contributed by atoms with Crippen molar-refractivity contribution in [3.8, 4) is 0 Å². The first-order valence-corrected chi connectivity index (χ1v) is 6.95. The predicted molar refractivity (Wildman–Crippen MR) is 59.2 cm³/mol. The number of hydrogen-bond acceptors (Lipinski definition) is 4. The van der Waals surface area contributed by atoms with E-state index in [1.807, 2.05) is 6.92 Å². The van der Waals surface area contributed by atoms with Crippen molar-refractivity contribution in [2.75, 3.05) is 0 Å². The van der Waals surface area contributed by atoms with Gasteiger partial charge >= 0.3 is 0 Å². The molecule has 0 bridgehead atoms. The van der Waals surface area contributed by atoms with E-state index in [-0.39, 0.29) is 6.04 Å². The molecule has 1 heterocycles. The fourth-order valence-corrected chi connectivity index (χ4v) is 4.06. The van der Waals surface area contributed by atoms with E-state index in [0.29, 0.717) is 10.6 Å². The first kappa shape index (κ1) is 11.7. The van der Waals surface area contributed by atoms with Gasteiger partial charge in [-0.15, -0.1) is 11.3 Å². The van der Waals surface area contributed by atoms with Crippen LogP contribution in [0.25, 0.3) is 0 Å². The molecule has 2 unspecified atom stereocenters. The predicted octanol–water partition coefficient (Wildman–Crippen LogP) is 1.65. The van der Waals surface area contributed by atoms with Crippen LogP contribution in [0.2, 0.25) is 0 Å². The number of sulfone groups is 1. The van der Waals surface area contributed by atoms with Crippen LogP contribution in [0.5, 0.6) is 0 Å². The van der Waals surface area contributed by atoms with Crippen LogP contribution in [0.4, 0.5) is 0 Å². The van der Waals surface area contributed by atoms with Crippen LogP contribution in [-0.4, -0.2) is 19.7 Å². The second-order valence-corrected chi connectivity index (χ2v) is 6.73. The average molecular weight is 233 g/mol. The molecule has 0 aliphatic heterocycles. The first-order chi connectivity index (χ1) is 6.50. The van der Waals surface area contributed by atoms with E-state index in [2.05, 4.69) is 0 Å². The summed E-state index contributed by atoms with van der Waals surface area (Å²) in [5.41, 5.74) is 5.73. The minimum Gasteiger partial charge on any atom is -0.327 e. The topological polar surface area (TPSA) is 60.2 Å². The Kier molecular flexibility index (Phi) is 3.69. The summed E-state index contributed by atoms with van der Waals surface area (Å²) in [6, 6.07) is 3.07. The highest BCUT2D eigenvalue weighted by Crippen LogP contribution is 2.22. The monoisotopic (exact) mass is 233 g/mol. The highest BCUT2D eigenvalue weighted by molar-refractivity contribution is 7.94. The largest absolute Gasteiger partial charge is 0.327 e. The molecule has 0 aliphatic carbocycles. The van der Waals surface area contributed by atoms with Crippen molar-refractivity contribution in [1.82, 2.24) is 0 Å². The lowest BCUT2D eigenvalue weighted by Crippen LogP contribution is -2.37. The van der Waals surface area contributed by atoms with Gasteiger partial charge in [0.15, 0.2) is 9.84 Å². The van der Waals surface area contributed by atoms with Gasteiger partial charge in [-0.2, -0.15) is 0 Å². The summed E-state index contributed by atoms with van der Waals surface area (Å²) in [4.78, 5) is 0. The van der Waals surface area contributed by atoms with Gasteiger partial charge in [0, 0.05) is 6.04 Å². The number of nitrogens with two attached hydrogens (primary N) is 1. The van der Waals surface area contributed by atoms with E-state index in [9.17, 15) is 8.42 Å². The van der Waals surface area contributed by atoms with Crippen molar-refractivity contribution in [2.45, 2.75) is 35.8 Å². The van der Waals surface area contributed by atoms with Crippen molar-refractivity contribution < 1.29 is 8.42 Å². The van der Waals surface area contributed by atoms with Crippen LogP contribution in [0.15, 0.2) is 21.7 Å². The van der Waals surface area contributed by atoms with Crippen LogP contribution in [0, 0.1) is 0 Å². The summed E-state index contributed by atoms with van der Waals surface area (Å²) in [6.45, 7) is 3.56. The molecule has 14 heavy (non-hydrogen) atoms. The third-order valence-corrected chi connectivity index (χ3v) is 6.01. The minimum absolute atomic E-state index is 0.290. The van der Waals surface area contributed by atoms with E-state index in [0.717, 1.165) is 0 Å². The minimum atomic E-state index is -3.21. The number of thiophene rings is 1. The highest BCUT2D eigenvalue weighted by atomic mass is 32.2. The van der Waals surface area contributed by atoms with E-state index >= 15 is 0 Å². The molecule has 0 aromatic carbocycles. The molecule has 80 valence electrons. The Morgan fingerprint density at radius 2 is 2.21 bits per heavy atom.